The molecule has 2 aromatic rings. The van der Waals surface area contributed by atoms with E-state index in [1.54, 1.807) is 26.8 Å². The van der Waals surface area contributed by atoms with Gasteiger partial charge in [0, 0.05) is 12.2 Å². The van der Waals surface area contributed by atoms with E-state index in [0.717, 1.165) is 27.2 Å². The number of rotatable bonds is 10. The number of carbonyl (C=O) groups is 4. The Balaban J connectivity index is 2.61. The number of hydrogen-bond acceptors (Lipinski definition) is 6. The number of para-hydroxylation sites is 1. The highest BCUT2D eigenvalue weighted by Gasteiger charge is 2.37. The number of ether oxygens (including phenoxy) is 1. The lowest BCUT2D eigenvalue weighted by Gasteiger charge is -2.35. The van der Waals surface area contributed by atoms with Gasteiger partial charge in [-0.1, -0.05) is 42.0 Å². The quantitative estimate of drug-likeness (QED) is 0.363. The van der Waals surface area contributed by atoms with Crippen molar-refractivity contribution in [3.8, 4) is 0 Å². The van der Waals surface area contributed by atoms with Gasteiger partial charge in [0.2, 0.25) is 11.8 Å². The summed E-state index contributed by atoms with van der Waals surface area (Å²) >= 11 is 0. The highest BCUT2D eigenvalue weighted by Crippen LogP contribution is 2.29. The number of nitrogens with zero attached hydrogens (tertiary/aromatic N) is 1. The van der Waals surface area contributed by atoms with Crippen LogP contribution in [0.25, 0.3) is 0 Å². The van der Waals surface area contributed by atoms with E-state index in [1.807, 2.05) is 58.0 Å². The lowest BCUT2D eigenvalue weighted by Crippen LogP contribution is -2.54. The van der Waals surface area contributed by atoms with Gasteiger partial charge in [-0.2, -0.15) is 0 Å². The molecule has 2 unspecified atom stereocenters. The summed E-state index contributed by atoms with van der Waals surface area (Å²) < 4.78 is 5.27. The Morgan fingerprint density at radius 2 is 1.62 bits per heavy atom. The summed E-state index contributed by atoms with van der Waals surface area (Å²) in [5, 5.41) is 15.3. The summed E-state index contributed by atoms with van der Waals surface area (Å²) in [6, 6.07) is 8.50. The van der Waals surface area contributed by atoms with Gasteiger partial charge in [-0.25, -0.2) is 4.79 Å². The zero-order valence-electron chi connectivity index (χ0n) is 23.8. The van der Waals surface area contributed by atoms with Gasteiger partial charge in [0.1, 0.15) is 17.7 Å². The molecular formula is C29H40N4O6. The normalized spacial score (nSPS) is 12.7. The number of primary amides is 1. The van der Waals surface area contributed by atoms with Crippen LogP contribution in [0.3, 0.4) is 0 Å². The molecule has 0 heterocycles. The van der Waals surface area contributed by atoms with Crippen molar-refractivity contribution in [1.29, 1.82) is 0 Å². The Morgan fingerprint density at radius 3 is 2.15 bits per heavy atom. The third kappa shape index (κ3) is 8.81. The van der Waals surface area contributed by atoms with Crippen LogP contribution in [0, 0.1) is 27.7 Å². The highest BCUT2D eigenvalue weighted by molar-refractivity contribution is 6.00. The molecule has 4 amide bonds. The van der Waals surface area contributed by atoms with Crippen molar-refractivity contribution in [2.75, 3.05) is 18.5 Å². The van der Waals surface area contributed by atoms with E-state index in [9.17, 15) is 24.3 Å². The van der Waals surface area contributed by atoms with E-state index < -0.39 is 54.5 Å². The maximum atomic E-state index is 14.0. The van der Waals surface area contributed by atoms with Crippen LogP contribution in [0.5, 0.6) is 0 Å². The Morgan fingerprint density at radius 1 is 1.00 bits per heavy atom. The van der Waals surface area contributed by atoms with E-state index >= 15 is 0 Å². The molecule has 2 rings (SSSR count). The summed E-state index contributed by atoms with van der Waals surface area (Å²) in [5.74, 6) is -2.12. The lowest BCUT2D eigenvalue weighted by molar-refractivity contribution is -0.142. The molecule has 0 aliphatic heterocycles. The fraction of sp³-hybridized carbons (Fsp3) is 0.448. The number of benzene rings is 2. The first kappa shape index (κ1) is 31.3. The number of nitrogens with two attached hydrogens (primary N) is 1. The average molecular weight is 541 g/mol. The van der Waals surface area contributed by atoms with Crippen molar-refractivity contribution in [2.45, 2.75) is 72.6 Å². The summed E-state index contributed by atoms with van der Waals surface area (Å²) in [6.07, 6.45) is -1.45. The van der Waals surface area contributed by atoms with Crippen LogP contribution in [0.15, 0.2) is 36.4 Å². The molecule has 212 valence electrons. The van der Waals surface area contributed by atoms with E-state index in [0.29, 0.717) is 11.3 Å². The number of aliphatic hydroxyl groups is 1. The van der Waals surface area contributed by atoms with Crippen LogP contribution in [-0.4, -0.2) is 58.6 Å². The molecule has 0 saturated carbocycles. The molecule has 0 saturated heterocycles. The summed E-state index contributed by atoms with van der Waals surface area (Å²) in [6.45, 7) is 11.6. The predicted octanol–water partition coefficient (Wildman–Crippen LogP) is 3.19. The molecule has 0 fully saturated rings. The number of nitrogens with one attached hydrogen (secondary N) is 2. The topological polar surface area (TPSA) is 151 Å². The standard InChI is InChI=1S/C29H40N4O6/c1-17-11-12-18(2)21(15-17)25(26(36)32-24-19(3)9-8-10-20(24)4)33(13-14-34)27(37)22(16-23(30)35)31-28(38)39-29(5,6)7/h8-12,15,22,25,34H,13-14,16H2,1-7H3,(H2,30,35)(H,31,38)(H,32,36). The molecule has 39 heavy (non-hydrogen) atoms. The molecular weight excluding hydrogens is 500 g/mol. The molecule has 0 spiro atoms. The van der Waals surface area contributed by atoms with E-state index in [-0.39, 0.29) is 6.54 Å². The maximum absolute atomic E-state index is 14.0. The van der Waals surface area contributed by atoms with Crippen LogP contribution in [0.4, 0.5) is 10.5 Å². The second kappa shape index (κ2) is 13.2. The fourth-order valence-electron chi connectivity index (χ4n) is 4.23. The molecule has 10 nitrogen and oxygen atoms in total. The van der Waals surface area contributed by atoms with E-state index in [4.69, 9.17) is 10.5 Å². The second-order valence-electron chi connectivity index (χ2n) is 10.6. The van der Waals surface area contributed by atoms with Gasteiger partial charge in [0.25, 0.3) is 5.91 Å². The average Bonchev–Trinajstić information content (AvgIpc) is 2.81. The third-order valence-electron chi connectivity index (χ3n) is 6.04. The van der Waals surface area contributed by atoms with Gasteiger partial charge in [-0.15, -0.1) is 0 Å². The number of anilines is 1. The van der Waals surface area contributed by atoms with Crippen molar-refractivity contribution in [3.63, 3.8) is 0 Å². The van der Waals surface area contributed by atoms with Crippen LogP contribution < -0.4 is 16.4 Å². The van der Waals surface area contributed by atoms with E-state index in [2.05, 4.69) is 10.6 Å². The fourth-order valence-corrected chi connectivity index (χ4v) is 4.23. The van der Waals surface area contributed by atoms with Crippen molar-refractivity contribution >= 4 is 29.5 Å². The largest absolute Gasteiger partial charge is 0.444 e. The first-order valence-electron chi connectivity index (χ1n) is 12.8. The van der Waals surface area contributed by atoms with Crippen LogP contribution in [-0.2, 0) is 19.1 Å². The minimum atomic E-state index is -1.43. The van der Waals surface area contributed by atoms with Crippen molar-refractivity contribution in [2.24, 2.45) is 5.73 Å². The monoisotopic (exact) mass is 540 g/mol. The van der Waals surface area contributed by atoms with Gasteiger partial charge in [-0.05, 0) is 70.7 Å². The minimum Gasteiger partial charge on any atom is -0.444 e. The van der Waals surface area contributed by atoms with E-state index in [1.165, 1.54) is 0 Å². The number of alkyl carbamates (subject to hydrolysis) is 1. The first-order chi connectivity index (χ1) is 18.1. The number of hydrogen-bond donors (Lipinski definition) is 4. The Kier molecular flexibility index (Phi) is 10.6. The van der Waals surface area contributed by atoms with Gasteiger partial charge in [-0.3, -0.25) is 14.4 Å². The molecule has 0 aliphatic rings. The molecule has 0 radical (unpaired) electrons. The minimum absolute atomic E-state index is 0.248. The number of aryl methyl sites for hydroxylation is 4. The molecule has 0 aliphatic carbocycles. The number of amides is 4. The van der Waals surface area contributed by atoms with Crippen molar-refractivity contribution in [3.05, 3.63) is 64.2 Å². The van der Waals surface area contributed by atoms with Gasteiger partial charge < -0.3 is 31.1 Å². The van der Waals surface area contributed by atoms with Gasteiger partial charge >= 0.3 is 6.09 Å². The SMILES string of the molecule is Cc1ccc(C)c(C(C(=O)Nc2c(C)cccc2C)N(CCO)C(=O)C(CC(N)=O)NC(=O)OC(C)(C)C)c1. The van der Waals surface area contributed by atoms with Gasteiger partial charge in [0.05, 0.1) is 13.0 Å². The van der Waals surface area contributed by atoms with Crippen molar-refractivity contribution < 1.29 is 29.0 Å². The Bertz CT molecular complexity index is 1200. The Hall–Kier alpha value is -3.92. The summed E-state index contributed by atoms with van der Waals surface area (Å²) in [4.78, 5) is 53.5. The molecule has 10 heteroatoms. The number of aliphatic hydroxyl groups excluding tert-OH is 1. The maximum Gasteiger partial charge on any atom is 0.408 e. The molecule has 2 aromatic carbocycles. The smallest absolute Gasteiger partial charge is 0.408 e. The molecule has 0 bridgehead atoms. The molecule has 2 atom stereocenters. The molecule has 0 aromatic heterocycles. The van der Waals surface area contributed by atoms with Crippen LogP contribution in [0.1, 0.15) is 61.1 Å². The van der Waals surface area contributed by atoms with Crippen molar-refractivity contribution in [1.82, 2.24) is 10.2 Å². The predicted molar refractivity (Wildman–Crippen MR) is 149 cm³/mol. The van der Waals surface area contributed by atoms with Gasteiger partial charge in [0.15, 0.2) is 0 Å². The molecule has 5 N–H and O–H groups in total. The van der Waals surface area contributed by atoms with Crippen LogP contribution in [0.2, 0.25) is 0 Å². The zero-order valence-corrected chi connectivity index (χ0v) is 23.8. The Labute approximate surface area is 229 Å². The second-order valence-corrected chi connectivity index (χ2v) is 10.6. The van der Waals surface area contributed by atoms with Crippen LogP contribution >= 0.6 is 0 Å². The summed E-state index contributed by atoms with van der Waals surface area (Å²) in [7, 11) is 0. The number of carbonyl (C=O) groups excluding carboxylic acids is 4. The highest BCUT2D eigenvalue weighted by atomic mass is 16.6. The summed E-state index contributed by atoms with van der Waals surface area (Å²) in [5.41, 5.74) is 8.96. The first-order valence-corrected chi connectivity index (χ1v) is 12.8. The third-order valence-corrected chi connectivity index (χ3v) is 6.04. The lowest BCUT2D eigenvalue weighted by atomic mass is 9.95. The zero-order chi connectivity index (χ0) is 29.5.